The predicted molar refractivity (Wildman–Crippen MR) is 107 cm³/mol. The molecule has 6 heteroatoms. The van der Waals surface area contributed by atoms with Crippen LogP contribution in [0.5, 0.6) is 11.5 Å². The van der Waals surface area contributed by atoms with E-state index in [0.717, 1.165) is 25.4 Å². The van der Waals surface area contributed by atoms with Crippen LogP contribution in [0.25, 0.3) is 0 Å². The predicted octanol–water partition coefficient (Wildman–Crippen LogP) is 3.31. The first-order valence-corrected chi connectivity index (χ1v) is 9.44. The second kappa shape index (κ2) is 9.83. The van der Waals surface area contributed by atoms with Gasteiger partial charge in [0, 0.05) is 32.7 Å². The third-order valence-electron chi connectivity index (χ3n) is 4.51. The molecule has 0 aromatic heterocycles. The molecule has 1 heterocycles. The van der Waals surface area contributed by atoms with Gasteiger partial charge in [0.1, 0.15) is 18.1 Å². The van der Waals surface area contributed by atoms with E-state index in [9.17, 15) is 4.79 Å². The minimum absolute atomic E-state index is 0.0812. The number of carbonyl (C=O) groups excluding carboxylic acids is 1. The van der Waals surface area contributed by atoms with Gasteiger partial charge in [0.15, 0.2) is 0 Å². The van der Waals surface area contributed by atoms with Crippen molar-refractivity contribution >= 4 is 11.7 Å². The normalized spacial score (nSPS) is 14.6. The number of ether oxygens (including phenoxy) is 2. The van der Waals surface area contributed by atoms with E-state index >= 15 is 0 Å². The molecule has 0 aliphatic carbocycles. The van der Waals surface area contributed by atoms with Gasteiger partial charge in [0.2, 0.25) is 0 Å². The summed E-state index contributed by atoms with van der Waals surface area (Å²) in [6.07, 6.45) is 0. The Bertz CT molecular complexity index is 716. The third kappa shape index (κ3) is 5.62. The topological polar surface area (TPSA) is 54.0 Å². The van der Waals surface area contributed by atoms with E-state index in [2.05, 4.69) is 10.2 Å². The maximum Gasteiger partial charge on any atom is 0.322 e. The number of anilines is 1. The summed E-state index contributed by atoms with van der Waals surface area (Å²) in [6.45, 7) is 7.10. The van der Waals surface area contributed by atoms with Gasteiger partial charge in [-0.2, -0.15) is 0 Å². The average molecular weight is 369 g/mol. The van der Waals surface area contributed by atoms with Crippen LogP contribution in [0.2, 0.25) is 0 Å². The van der Waals surface area contributed by atoms with Gasteiger partial charge in [-0.3, -0.25) is 4.90 Å². The Morgan fingerprint density at radius 3 is 2.41 bits per heavy atom. The van der Waals surface area contributed by atoms with E-state index < -0.39 is 0 Å². The summed E-state index contributed by atoms with van der Waals surface area (Å²) in [5.41, 5.74) is 0.711. The van der Waals surface area contributed by atoms with Crippen LogP contribution in [-0.2, 0) is 0 Å². The highest BCUT2D eigenvalue weighted by molar-refractivity contribution is 5.91. The summed E-state index contributed by atoms with van der Waals surface area (Å²) in [7, 11) is 0. The van der Waals surface area contributed by atoms with Crippen molar-refractivity contribution in [3.8, 4) is 11.5 Å². The maximum absolute atomic E-state index is 12.5. The van der Waals surface area contributed by atoms with E-state index in [1.165, 1.54) is 0 Å². The molecule has 2 amide bonds. The van der Waals surface area contributed by atoms with Crippen LogP contribution < -0.4 is 14.8 Å². The Balaban J connectivity index is 1.41. The van der Waals surface area contributed by atoms with Gasteiger partial charge < -0.3 is 19.7 Å². The first-order valence-electron chi connectivity index (χ1n) is 9.44. The molecule has 1 aliphatic rings. The van der Waals surface area contributed by atoms with Gasteiger partial charge in [-0.1, -0.05) is 30.3 Å². The Labute approximate surface area is 160 Å². The van der Waals surface area contributed by atoms with Crippen molar-refractivity contribution in [3.05, 3.63) is 54.6 Å². The lowest BCUT2D eigenvalue weighted by molar-refractivity contribution is 0.132. The average Bonchev–Trinajstić information content (AvgIpc) is 2.71. The smallest absolute Gasteiger partial charge is 0.322 e. The zero-order valence-corrected chi connectivity index (χ0v) is 15.8. The molecule has 0 spiro atoms. The van der Waals surface area contributed by atoms with Gasteiger partial charge in [-0.05, 0) is 31.2 Å². The molecule has 0 atom stereocenters. The third-order valence-corrected chi connectivity index (χ3v) is 4.51. The van der Waals surface area contributed by atoms with Crippen molar-refractivity contribution in [3.63, 3.8) is 0 Å². The summed E-state index contributed by atoms with van der Waals surface area (Å²) < 4.78 is 11.3. The molecular formula is C21H27N3O3. The molecule has 2 aromatic rings. The molecule has 6 nitrogen and oxygen atoms in total. The van der Waals surface area contributed by atoms with Crippen LogP contribution in [0.4, 0.5) is 10.5 Å². The first kappa shape index (κ1) is 19.0. The number of benzene rings is 2. The number of para-hydroxylation sites is 3. The number of rotatable bonds is 7. The molecule has 3 rings (SSSR count). The van der Waals surface area contributed by atoms with Crippen molar-refractivity contribution in [2.75, 3.05) is 51.3 Å². The van der Waals surface area contributed by atoms with E-state index in [-0.39, 0.29) is 6.03 Å². The van der Waals surface area contributed by atoms with Crippen LogP contribution >= 0.6 is 0 Å². The lowest BCUT2D eigenvalue weighted by Crippen LogP contribution is -2.50. The monoisotopic (exact) mass is 369 g/mol. The zero-order chi connectivity index (χ0) is 18.9. The SMILES string of the molecule is CCOc1ccccc1NC(=O)N1CCN(CCOc2ccccc2)CC1. The van der Waals surface area contributed by atoms with Gasteiger partial charge in [-0.15, -0.1) is 0 Å². The van der Waals surface area contributed by atoms with Crippen molar-refractivity contribution in [2.45, 2.75) is 6.92 Å². The number of nitrogens with zero attached hydrogens (tertiary/aromatic N) is 2. The summed E-state index contributed by atoms with van der Waals surface area (Å²) in [4.78, 5) is 16.7. The van der Waals surface area contributed by atoms with Crippen molar-refractivity contribution < 1.29 is 14.3 Å². The number of nitrogens with one attached hydrogen (secondary N) is 1. The second-order valence-electron chi connectivity index (χ2n) is 6.35. The molecule has 144 valence electrons. The van der Waals surface area contributed by atoms with E-state index in [4.69, 9.17) is 9.47 Å². The number of hydrogen-bond donors (Lipinski definition) is 1. The van der Waals surface area contributed by atoms with Gasteiger partial charge in [0.25, 0.3) is 0 Å². The number of amides is 2. The van der Waals surface area contributed by atoms with Gasteiger partial charge in [0.05, 0.1) is 12.3 Å². The molecule has 2 aromatic carbocycles. The largest absolute Gasteiger partial charge is 0.492 e. The lowest BCUT2D eigenvalue weighted by atomic mass is 10.3. The molecule has 1 N–H and O–H groups in total. The Morgan fingerprint density at radius 1 is 0.963 bits per heavy atom. The number of hydrogen-bond acceptors (Lipinski definition) is 4. The molecule has 1 fully saturated rings. The van der Waals surface area contributed by atoms with Crippen LogP contribution in [-0.4, -0.2) is 61.8 Å². The molecule has 0 unspecified atom stereocenters. The molecule has 1 saturated heterocycles. The lowest BCUT2D eigenvalue weighted by Gasteiger charge is -2.34. The Hall–Kier alpha value is -2.73. The summed E-state index contributed by atoms with van der Waals surface area (Å²) in [5.74, 6) is 1.59. The van der Waals surface area contributed by atoms with Crippen LogP contribution in [0.15, 0.2) is 54.6 Å². The highest BCUT2D eigenvalue weighted by Crippen LogP contribution is 2.24. The maximum atomic E-state index is 12.5. The fourth-order valence-corrected chi connectivity index (χ4v) is 3.03. The van der Waals surface area contributed by atoms with Crippen molar-refractivity contribution in [1.29, 1.82) is 0 Å². The highest BCUT2D eigenvalue weighted by Gasteiger charge is 2.21. The van der Waals surface area contributed by atoms with Gasteiger partial charge in [-0.25, -0.2) is 4.79 Å². The number of piperazine rings is 1. The van der Waals surface area contributed by atoms with E-state index in [1.54, 1.807) is 0 Å². The van der Waals surface area contributed by atoms with Crippen molar-refractivity contribution in [2.24, 2.45) is 0 Å². The van der Waals surface area contributed by atoms with Crippen LogP contribution in [0.3, 0.4) is 0 Å². The molecular weight excluding hydrogens is 342 g/mol. The summed E-state index contributed by atoms with van der Waals surface area (Å²) in [6, 6.07) is 17.3. The first-order chi connectivity index (χ1) is 13.3. The molecule has 0 radical (unpaired) electrons. The highest BCUT2D eigenvalue weighted by atomic mass is 16.5. The second-order valence-corrected chi connectivity index (χ2v) is 6.35. The summed E-state index contributed by atoms with van der Waals surface area (Å²) in [5, 5.41) is 2.96. The quantitative estimate of drug-likeness (QED) is 0.814. The van der Waals surface area contributed by atoms with Crippen LogP contribution in [0.1, 0.15) is 6.92 Å². The zero-order valence-electron chi connectivity index (χ0n) is 15.8. The molecule has 0 saturated carbocycles. The Kier molecular flexibility index (Phi) is 6.93. The van der Waals surface area contributed by atoms with E-state index in [1.807, 2.05) is 66.4 Å². The van der Waals surface area contributed by atoms with Gasteiger partial charge >= 0.3 is 6.03 Å². The fraction of sp³-hybridized carbons (Fsp3) is 0.381. The summed E-state index contributed by atoms with van der Waals surface area (Å²) >= 11 is 0. The molecule has 0 bridgehead atoms. The van der Waals surface area contributed by atoms with Crippen molar-refractivity contribution in [1.82, 2.24) is 9.80 Å². The standard InChI is InChI=1S/C21H27N3O3/c1-2-26-20-11-7-6-10-19(20)22-21(25)24-14-12-23(13-15-24)16-17-27-18-8-4-3-5-9-18/h3-11H,2,12-17H2,1H3,(H,22,25). The number of urea groups is 1. The fourth-order valence-electron chi connectivity index (χ4n) is 3.03. The Morgan fingerprint density at radius 2 is 1.67 bits per heavy atom. The molecule has 1 aliphatic heterocycles. The van der Waals surface area contributed by atoms with Crippen LogP contribution in [0, 0.1) is 0 Å². The minimum atomic E-state index is -0.0812. The van der Waals surface area contributed by atoms with E-state index in [0.29, 0.717) is 37.7 Å². The minimum Gasteiger partial charge on any atom is -0.492 e. The molecule has 27 heavy (non-hydrogen) atoms. The number of carbonyl (C=O) groups is 1.